The fraction of sp³-hybridized carbons (Fsp3) is 0.409. The lowest BCUT2D eigenvalue weighted by atomic mass is 9.84. The number of ether oxygens (including phenoxy) is 1. The summed E-state index contributed by atoms with van der Waals surface area (Å²) in [6.45, 7) is 3.63. The molecule has 5 heteroatoms. The molecule has 2 aromatic rings. The van der Waals surface area contributed by atoms with Gasteiger partial charge in [0, 0.05) is 18.5 Å². The molecule has 2 aromatic carbocycles. The molecule has 1 atom stereocenters. The summed E-state index contributed by atoms with van der Waals surface area (Å²) in [5.74, 6) is 0.383. The molecule has 1 amide bonds. The number of hydrogen-bond acceptors (Lipinski definition) is 4. The maximum absolute atomic E-state index is 12.7. The highest BCUT2D eigenvalue weighted by Gasteiger charge is 2.25. The van der Waals surface area contributed by atoms with Gasteiger partial charge in [0.25, 0.3) is 5.91 Å². The molecule has 146 valence electrons. The summed E-state index contributed by atoms with van der Waals surface area (Å²) in [6.07, 6.45) is 0.686. The molecular weight excluding hydrogens is 340 g/mol. The van der Waals surface area contributed by atoms with Gasteiger partial charge in [0.1, 0.15) is 12.4 Å². The standard InChI is InChI=1S/C22H30N2O3/c1-22(17-25,15-18-9-5-4-6-10-18)16-23-21(26)19-11-7-8-12-20(19)27-14-13-24(2)3/h4-12,25H,13-17H2,1-3H3,(H,23,26). The van der Waals surface area contributed by atoms with Gasteiger partial charge in [0.2, 0.25) is 0 Å². The quantitative estimate of drug-likeness (QED) is 0.675. The molecule has 0 saturated carbocycles. The average Bonchev–Trinajstić information content (AvgIpc) is 2.67. The van der Waals surface area contributed by atoms with Crippen LogP contribution in [0.25, 0.3) is 0 Å². The van der Waals surface area contributed by atoms with E-state index in [2.05, 4.69) is 5.32 Å². The van der Waals surface area contributed by atoms with Gasteiger partial charge in [-0.25, -0.2) is 0 Å². The molecule has 2 rings (SSSR count). The van der Waals surface area contributed by atoms with Crippen molar-refractivity contribution in [2.24, 2.45) is 5.41 Å². The van der Waals surface area contributed by atoms with Gasteiger partial charge >= 0.3 is 0 Å². The third kappa shape index (κ3) is 6.70. The second-order valence-corrected chi connectivity index (χ2v) is 7.46. The lowest BCUT2D eigenvalue weighted by molar-refractivity contribution is 0.0891. The van der Waals surface area contributed by atoms with E-state index in [0.29, 0.717) is 30.9 Å². The molecule has 0 aliphatic heterocycles. The predicted octanol–water partition coefficient (Wildman–Crippen LogP) is 2.60. The number of benzene rings is 2. The molecule has 0 aromatic heterocycles. The minimum absolute atomic E-state index is 0.0108. The molecular formula is C22H30N2O3. The van der Waals surface area contributed by atoms with Crippen molar-refractivity contribution in [3.63, 3.8) is 0 Å². The monoisotopic (exact) mass is 370 g/mol. The van der Waals surface area contributed by atoms with E-state index in [1.54, 1.807) is 12.1 Å². The Hall–Kier alpha value is -2.37. The van der Waals surface area contributed by atoms with Crippen LogP contribution in [0.3, 0.4) is 0 Å². The Morgan fingerprint density at radius 1 is 1.11 bits per heavy atom. The number of aliphatic hydroxyl groups excluding tert-OH is 1. The van der Waals surface area contributed by atoms with Gasteiger partial charge in [0.05, 0.1) is 12.2 Å². The topological polar surface area (TPSA) is 61.8 Å². The summed E-state index contributed by atoms with van der Waals surface area (Å²) < 4.78 is 5.77. The molecule has 1 unspecified atom stereocenters. The van der Waals surface area contributed by atoms with E-state index in [1.807, 2.05) is 68.4 Å². The molecule has 5 nitrogen and oxygen atoms in total. The van der Waals surface area contributed by atoms with E-state index < -0.39 is 5.41 Å². The zero-order chi connectivity index (χ0) is 19.7. The first-order valence-electron chi connectivity index (χ1n) is 9.23. The average molecular weight is 370 g/mol. The number of carbonyl (C=O) groups is 1. The van der Waals surface area contributed by atoms with Gasteiger partial charge in [-0.3, -0.25) is 4.79 Å². The second-order valence-electron chi connectivity index (χ2n) is 7.46. The number of carbonyl (C=O) groups excluding carboxylic acids is 1. The van der Waals surface area contributed by atoms with Gasteiger partial charge in [-0.1, -0.05) is 49.4 Å². The highest BCUT2D eigenvalue weighted by molar-refractivity contribution is 5.96. The summed E-state index contributed by atoms with van der Waals surface area (Å²) in [5, 5.41) is 12.8. The van der Waals surface area contributed by atoms with Crippen molar-refractivity contribution in [1.29, 1.82) is 0 Å². The van der Waals surface area contributed by atoms with Crippen LogP contribution in [0.1, 0.15) is 22.8 Å². The fourth-order valence-corrected chi connectivity index (χ4v) is 2.77. The van der Waals surface area contributed by atoms with Crippen molar-refractivity contribution in [2.45, 2.75) is 13.3 Å². The first-order valence-corrected chi connectivity index (χ1v) is 9.23. The Morgan fingerprint density at radius 3 is 2.44 bits per heavy atom. The molecule has 0 bridgehead atoms. The van der Waals surface area contributed by atoms with E-state index in [4.69, 9.17) is 4.74 Å². The first kappa shape index (κ1) is 20.9. The highest BCUT2D eigenvalue weighted by Crippen LogP contribution is 2.22. The van der Waals surface area contributed by atoms with E-state index in [9.17, 15) is 9.90 Å². The van der Waals surface area contributed by atoms with Crippen molar-refractivity contribution >= 4 is 5.91 Å². The van der Waals surface area contributed by atoms with Crippen LogP contribution < -0.4 is 10.1 Å². The van der Waals surface area contributed by atoms with Crippen molar-refractivity contribution in [3.8, 4) is 5.75 Å². The maximum Gasteiger partial charge on any atom is 0.255 e. The van der Waals surface area contributed by atoms with Crippen LogP contribution in [-0.2, 0) is 6.42 Å². The molecule has 2 N–H and O–H groups in total. The number of rotatable bonds is 10. The summed E-state index contributed by atoms with van der Waals surface area (Å²) in [5.41, 5.74) is 1.21. The van der Waals surface area contributed by atoms with E-state index >= 15 is 0 Å². The number of para-hydroxylation sites is 1. The molecule has 0 aliphatic carbocycles. The lowest BCUT2D eigenvalue weighted by Gasteiger charge is -2.28. The minimum Gasteiger partial charge on any atom is -0.491 e. The Bertz CT molecular complexity index is 719. The molecule has 0 fully saturated rings. The van der Waals surface area contributed by atoms with Gasteiger partial charge in [-0.2, -0.15) is 0 Å². The largest absolute Gasteiger partial charge is 0.491 e. The zero-order valence-corrected chi connectivity index (χ0v) is 16.4. The molecule has 27 heavy (non-hydrogen) atoms. The number of amides is 1. The Balaban J connectivity index is 1.99. The van der Waals surface area contributed by atoms with Crippen molar-refractivity contribution in [1.82, 2.24) is 10.2 Å². The van der Waals surface area contributed by atoms with Crippen molar-refractivity contribution in [3.05, 3.63) is 65.7 Å². The summed E-state index contributed by atoms with van der Waals surface area (Å²) in [4.78, 5) is 14.7. The Labute approximate surface area is 162 Å². The van der Waals surface area contributed by atoms with Crippen LogP contribution in [-0.4, -0.2) is 56.3 Å². The number of hydrogen-bond donors (Lipinski definition) is 2. The number of aliphatic hydroxyl groups is 1. The van der Waals surface area contributed by atoms with Crippen LogP contribution >= 0.6 is 0 Å². The molecule has 0 spiro atoms. The predicted molar refractivity (Wildman–Crippen MR) is 108 cm³/mol. The van der Waals surface area contributed by atoms with Crippen molar-refractivity contribution in [2.75, 3.05) is 40.4 Å². The van der Waals surface area contributed by atoms with Crippen molar-refractivity contribution < 1.29 is 14.6 Å². The molecule has 0 radical (unpaired) electrons. The molecule has 0 saturated heterocycles. The van der Waals surface area contributed by atoms with Crippen LogP contribution in [0, 0.1) is 5.41 Å². The summed E-state index contributed by atoms with van der Waals surface area (Å²) in [6, 6.07) is 17.2. The lowest BCUT2D eigenvalue weighted by Crippen LogP contribution is -2.39. The van der Waals surface area contributed by atoms with Crippen LogP contribution in [0.4, 0.5) is 0 Å². The normalized spacial score (nSPS) is 13.2. The van der Waals surface area contributed by atoms with Gasteiger partial charge < -0.3 is 20.1 Å². The second kappa shape index (κ2) is 10.1. The third-order valence-electron chi connectivity index (χ3n) is 4.46. The highest BCUT2D eigenvalue weighted by atomic mass is 16.5. The Morgan fingerprint density at radius 2 is 1.78 bits per heavy atom. The summed E-state index contributed by atoms with van der Waals surface area (Å²) in [7, 11) is 3.95. The number of likely N-dealkylation sites (N-methyl/N-ethyl adjacent to an activating group) is 1. The molecule has 0 aliphatic rings. The van der Waals surface area contributed by atoms with Gasteiger partial charge in [-0.15, -0.1) is 0 Å². The van der Waals surface area contributed by atoms with Gasteiger partial charge in [-0.05, 0) is 38.2 Å². The smallest absolute Gasteiger partial charge is 0.255 e. The van der Waals surface area contributed by atoms with Crippen LogP contribution in [0.2, 0.25) is 0 Å². The van der Waals surface area contributed by atoms with Crippen LogP contribution in [0.5, 0.6) is 5.75 Å². The van der Waals surface area contributed by atoms with E-state index in [-0.39, 0.29) is 12.5 Å². The van der Waals surface area contributed by atoms with Gasteiger partial charge in [0.15, 0.2) is 0 Å². The zero-order valence-electron chi connectivity index (χ0n) is 16.4. The molecule has 0 heterocycles. The minimum atomic E-state index is -0.433. The summed E-state index contributed by atoms with van der Waals surface area (Å²) >= 11 is 0. The first-order chi connectivity index (χ1) is 12.9. The van der Waals surface area contributed by atoms with E-state index in [0.717, 1.165) is 12.1 Å². The number of nitrogens with one attached hydrogen (secondary N) is 1. The third-order valence-corrected chi connectivity index (χ3v) is 4.46. The SMILES string of the molecule is CN(C)CCOc1ccccc1C(=O)NCC(C)(CO)Cc1ccccc1. The van der Waals surface area contributed by atoms with E-state index in [1.165, 1.54) is 0 Å². The maximum atomic E-state index is 12.7. The van der Waals surface area contributed by atoms with Crippen LogP contribution in [0.15, 0.2) is 54.6 Å². The fourth-order valence-electron chi connectivity index (χ4n) is 2.77. The number of nitrogens with zero attached hydrogens (tertiary/aromatic N) is 1. The Kier molecular flexibility index (Phi) is 7.82.